The molecule has 0 saturated heterocycles. The molecule has 0 spiro atoms. The van der Waals surface area contributed by atoms with Gasteiger partial charge in [-0.1, -0.05) is 31.2 Å². The molecule has 1 N–H and O–H groups in total. The first-order valence-electron chi connectivity index (χ1n) is 11.4. The highest BCUT2D eigenvalue weighted by molar-refractivity contribution is 6.76. The van der Waals surface area contributed by atoms with Gasteiger partial charge in [0.05, 0.1) is 25.1 Å². The minimum absolute atomic E-state index is 0.0516. The Kier molecular flexibility index (Phi) is 7.24. The lowest BCUT2D eigenvalue weighted by molar-refractivity contribution is 0.147. The molecule has 33 heavy (non-hydrogen) atoms. The average Bonchev–Trinajstić information content (AvgIpc) is 3.58. The molecule has 1 aliphatic carbocycles. The number of anilines is 2. The molecule has 0 atom stereocenters. The van der Waals surface area contributed by atoms with Crippen molar-refractivity contribution >= 4 is 42.0 Å². The highest BCUT2D eigenvalue weighted by Gasteiger charge is 2.42. The third kappa shape index (κ3) is 6.23. The summed E-state index contributed by atoms with van der Waals surface area (Å²) >= 11 is 6.03. The molecule has 2 aromatic heterocycles. The molecule has 1 aliphatic rings. The van der Waals surface area contributed by atoms with E-state index >= 15 is 0 Å². The van der Waals surface area contributed by atoms with Crippen molar-refractivity contribution in [3.63, 3.8) is 0 Å². The molecule has 0 radical (unpaired) electrons. The third-order valence-corrected chi connectivity index (χ3v) is 7.98. The Bertz CT molecular complexity index is 1080. The number of pyridine rings is 2. The van der Waals surface area contributed by atoms with E-state index in [1.165, 1.54) is 0 Å². The molecule has 1 fully saturated rings. The number of hydrogen-bond acceptors (Lipinski definition) is 6. The minimum atomic E-state index is -1.18. The second kappa shape index (κ2) is 9.97. The second-order valence-corrected chi connectivity index (χ2v) is 16.1. The summed E-state index contributed by atoms with van der Waals surface area (Å²) in [5.41, 5.74) is 0.815. The van der Waals surface area contributed by atoms with Gasteiger partial charge >= 0.3 is 0 Å². The van der Waals surface area contributed by atoms with Gasteiger partial charge in [-0.25, -0.2) is 9.97 Å². The first kappa shape index (κ1) is 23.9. The lowest BCUT2D eigenvalue weighted by Gasteiger charge is -2.25. The monoisotopic (exact) mass is 485 g/mol. The zero-order valence-corrected chi connectivity index (χ0v) is 21.3. The van der Waals surface area contributed by atoms with Crippen LogP contribution in [0.25, 0.3) is 10.8 Å². The summed E-state index contributed by atoms with van der Waals surface area (Å²) in [4.78, 5) is 11.0. The van der Waals surface area contributed by atoms with E-state index in [0.717, 1.165) is 46.9 Å². The number of hydrogen-bond donors (Lipinski definition) is 1. The Balaban J connectivity index is 1.58. The van der Waals surface area contributed by atoms with Crippen LogP contribution >= 0.6 is 11.6 Å². The van der Waals surface area contributed by atoms with Gasteiger partial charge in [-0.3, -0.25) is 0 Å². The van der Waals surface area contributed by atoms with Crippen molar-refractivity contribution in [2.24, 2.45) is 5.41 Å². The molecule has 0 bridgehead atoms. The molecule has 3 aromatic rings. The summed E-state index contributed by atoms with van der Waals surface area (Å²) in [6.45, 7) is 8.83. The fraction of sp³-hybridized carbons (Fsp3) is 0.440. The summed E-state index contributed by atoms with van der Waals surface area (Å²) in [6, 6.07) is 12.8. The number of fused-ring (bicyclic) bond motifs is 1. The van der Waals surface area contributed by atoms with E-state index < -0.39 is 8.07 Å². The van der Waals surface area contributed by atoms with E-state index in [0.29, 0.717) is 25.1 Å². The zero-order chi connectivity index (χ0) is 23.5. The smallest absolute Gasteiger partial charge is 0.142 e. The minimum Gasteiger partial charge on any atom is -0.493 e. The van der Waals surface area contributed by atoms with Crippen LogP contribution in [0.4, 0.5) is 11.5 Å². The fourth-order valence-electron chi connectivity index (χ4n) is 3.53. The molecule has 0 unspecified atom stereocenters. The van der Waals surface area contributed by atoms with E-state index in [-0.39, 0.29) is 12.0 Å². The fourth-order valence-corrected chi connectivity index (χ4v) is 4.39. The van der Waals surface area contributed by atoms with Crippen molar-refractivity contribution in [1.29, 1.82) is 0 Å². The second-order valence-electron chi connectivity index (χ2n) is 10.1. The predicted molar refractivity (Wildman–Crippen MR) is 136 cm³/mol. The van der Waals surface area contributed by atoms with Crippen LogP contribution in [0.3, 0.4) is 0 Å². The number of nitrogens with zero attached hydrogens (tertiary/aromatic N) is 3. The topological polar surface area (TPSA) is 67.7 Å². The molecule has 0 aliphatic heterocycles. The third-order valence-electron chi connectivity index (χ3n) is 6.05. The van der Waals surface area contributed by atoms with Crippen LogP contribution in [-0.2, 0) is 4.74 Å². The molecule has 0 amide bonds. The Morgan fingerprint density at radius 2 is 1.94 bits per heavy atom. The number of aromatic nitrogens is 2. The maximum atomic E-state index is 9.55. The average molecular weight is 486 g/mol. The first-order chi connectivity index (χ1) is 15.8. The number of benzene rings is 1. The normalized spacial score (nSPS) is 14.9. The van der Waals surface area contributed by atoms with Crippen LogP contribution in [0.5, 0.6) is 5.75 Å². The van der Waals surface area contributed by atoms with Crippen molar-refractivity contribution in [1.82, 2.24) is 9.97 Å². The molecule has 1 aromatic carbocycles. The Morgan fingerprint density at radius 3 is 2.61 bits per heavy atom. The van der Waals surface area contributed by atoms with Gasteiger partial charge in [0.2, 0.25) is 0 Å². The molecule has 6 nitrogen and oxygen atoms in total. The number of halogens is 1. The van der Waals surface area contributed by atoms with E-state index in [1.807, 2.05) is 35.2 Å². The highest BCUT2D eigenvalue weighted by atomic mass is 35.5. The van der Waals surface area contributed by atoms with Crippen molar-refractivity contribution in [2.75, 3.05) is 31.5 Å². The van der Waals surface area contributed by atoms with Crippen molar-refractivity contribution in [2.45, 2.75) is 38.5 Å². The summed E-state index contributed by atoms with van der Waals surface area (Å²) in [5.74, 6) is 1.59. The van der Waals surface area contributed by atoms with Gasteiger partial charge in [-0.15, -0.1) is 0 Å². The summed E-state index contributed by atoms with van der Waals surface area (Å²) < 4.78 is 12.1. The van der Waals surface area contributed by atoms with Crippen molar-refractivity contribution < 1.29 is 14.6 Å². The van der Waals surface area contributed by atoms with Crippen LogP contribution in [0.15, 0.2) is 48.8 Å². The maximum Gasteiger partial charge on any atom is 0.142 e. The number of aliphatic hydroxyl groups is 1. The van der Waals surface area contributed by atoms with Gasteiger partial charge < -0.3 is 19.5 Å². The molecular formula is C25H32ClN3O3Si. The van der Waals surface area contributed by atoms with Crippen LogP contribution in [0.1, 0.15) is 12.8 Å². The molecule has 4 rings (SSSR count). The van der Waals surface area contributed by atoms with E-state index in [4.69, 9.17) is 26.1 Å². The lowest BCUT2D eigenvalue weighted by Crippen LogP contribution is -2.26. The SMILES string of the molecule is C[Si](C)(C)CCOCN(c1ccc(Cl)nc1)c1nccc2cc(OCC3(CO)CC3)ccc12. The van der Waals surface area contributed by atoms with Crippen LogP contribution < -0.4 is 9.64 Å². The van der Waals surface area contributed by atoms with Gasteiger partial charge in [-0.2, -0.15) is 0 Å². The molecule has 1 saturated carbocycles. The molecule has 2 heterocycles. The van der Waals surface area contributed by atoms with E-state index in [1.54, 1.807) is 18.5 Å². The Labute approximate surface area is 201 Å². The van der Waals surface area contributed by atoms with E-state index in [2.05, 4.69) is 24.6 Å². The van der Waals surface area contributed by atoms with E-state index in [9.17, 15) is 5.11 Å². The first-order valence-corrected chi connectivity index (χ1v) is 15.5. The van der Waals surface area contributed by atoms with Gasteiger partial charge in [-0.05, 0) is 60.7 Å². The summed E-state index contributed by atoms with van der Waals surface area (Å²) in [5, 5.41) is 12.0. The Hall–Kier alpha value is -2.19. The van der Waals surface area contributed by atoms with Crippen LogP contribution in [0.2, 0.25) is 30.8 Å². The van der Waals surface area contributed by atoms with Crippen molar-refractivity contribution in [3.8, 4) is 5.75 Å². The predicted octanol–water partition coefficient (Wildman–Crippen LogP) is 5.88. The molecular weight excluding hydrogens is 454 g/mol. The highest BCUT2D eigenvalue weighted by Crippen LogP contribution is 2.45. The number of rotatable bonds is 11. The van der Waals surface area contributed by atoms with Gasteiger partial charge in [0.1, 0.15) is 23.5 Å². The summed E-state index contributed by atoms with van der Waals surface area (Å²) in [6.07, 6.45) is 5.59. The Morgan fingerprint density at radius 1 is 1.12 bits per heavy atom. The summed E-state index contributed by atoms with van der Waals surface area (Å²) in [7, 11) is -1.18. The molecule has 176 valence electrons. The standard InChI is InChI=1S/C25H32ClN3O3Si/c1-33(2,3)13-12-31-18-29(20-4-7-23(26)28-15-20)24-22-6-5-21(14-19(22)8-11-27-24)32-17-25(16-30)9-10-25/h4-8,11,14-15,30H,9-10,12-13,16-18H2,1-3H3. The zero-order valence-electron chi connectivity index (χ0n) is 19.6. The lowest BCUT2D eigenvalue weighted by atomic mass is 10.1. The van der Waals surface area contributed by atoms with Crippen molar-refractivity contribution in [3.05, 3.63) is 53.9 Å². The van der Waals surface area contributed by atoms with Gasteiger partial charge in [0.15, 0.2) is 0 Å². The van der Waals surface area contributed by atoms with Gasteiger partial charge in [0.25, 0.3) is 0 Å². The number of ether oxygens (including phenoxy) is 2. The maximum absolute atomic E-state index is 9.55. The quantitative estimate of drug-likeness (QED) is 0.158. The van der Waals surface area contributed by atoms with Crippen LogP contribution in [-0.4, -0.2) is 49.7 Å². The largest absolute Gasteiger partial charge is 0.493 e. The molecule has 8 heteroatoms. The van der Waals surface area contributed by atoms with Crippen LogP contribution in [0, 0.1) is 5.41 Å². The number of aliphatic hydroxyl groups excluding tert-OH is 1. The van der Waals surface area contributed by atoms with Gasteiger partial charge in [0, 0.05) is 31.7 Å².